The Bertz CT molecular complexity index is 944. The number of anilines is 1. The molecule has 1 aliphatic rings. The van der Waals surface area contributed by atoms with Gasteiger partial charge in [0.2, 0.25) is 0 Å². The molecule has 0 bridgehead atoms. The molecule has 0 spiro atoms. The average molecular weight is 407 g/mol. The first kappa shape index (κ1) is 18.4. The summed E-state index contributed by atoms with van der Waals surface area (Å²) in [6, 6.07) is 10.9. The van der Waals surface area contributed by atoms with Gasteiger partial charge in [0.05, 0.1) is 22.6 Å². The maximum Gasteiger partial charge on any atom is 0.270 e. The summed E-state index contributed by atoms with van der Waals surface area (Å²) in [4.78, 5) is 25.0. The van der Waals surface area contributed by atoms with Gasteiger partial charge in [0.25, 0.3) is 11.6 Å². The third-order valence-corrected chi connectivity index (χ3v) is 5.14. The lowest BCUT2D eigenvalue weighted by Gasteiger charge is -2.14. The molecule has 3 rings (SSSR count). The Morgan fingerprint density at radius 2 is 1.96 bits per heavy atom. The Balaban J connectivity index is 1.99. The number of benzene rings is 2. The van der Waals surface area contributed by atoms with Gasteiger partial charge in [-0.2, -0.15) is 0 Å². The predicted molar refractivity (Wildman–Crippen MR) is 107 cm³/mol. The zero-order chi connectivity index (χ0) is 18.8. The lowest BCUT2D eigenvalue weighted by Crippen LogP contribution is -2.27. The number of non-ortho nitro benzene ring substituents is 1. The number of methoxy groups -OCH3 is 1. The lowest BCUT2D eigenvalue weighted by molar-refractivity contribution is -0.384. The van der Waals surface area contributed by atoms with Gasteiger partial charge >= 0.3 is 0 Å². The molecule has 1 fully saturated rings. The van der Waals surface area contributed by atoms with Crippen LogP contribution < -0.4 is 9.64 Å². The van der Waals surface area contributed by atoms with Crippen LogP contribution in [-0.2, 0) is 4.79 Å². The minimum Gasteiger partial charge on any atom is -0.496 e. The quantitative estimate of drug-likeness (QED) is 0.318. The molecule has 1 saturated heterocycles. The number of ether oxygens (including phenoxy) is 1. The zero-order valence-electron chi connectivity index (χ0n) is 13.3. The number of nitro groups is 1. The maximum atomic E-state index is 12.8. The molecule has 0 aromatic heterocycles. The molecule has 2 aromatic carbocycles. The number of carbonyl (C=O) groups excluding carboxylic acids is 1. The Morgan fingerprint density at radius 3 is 2.58 bits per heavy atom. The van der Waals surface area contributed by atoms with Gasteiger partial charge in [0, 0.05) is 22.7 Å². The van der Waals surface area contributed by atoms with Crippen molar-refractivity contribution < 1.29 is 14.5 Å². The highest BCUT2D eigenvalue weighted by molar-refractivity contribution is 8.27. The Morgan fingerprint density at radius 1 is 1.27 bits per heavy atom. The SMILES string of the molecule is COc1ccc([N+](=O)[O-])cc1C=C1SC(=S)N(c2ccc(Cl)cc2)C1=O. The van der Waals surface area contributed by atoms with Gasteiger partial charge < -0.3 is 4.74 Å². The number of thioether (sulfide) groups is 1. The average Bonchev–Trinajstić information content (AvgIpc) is 2.89. The van der Waals surface area contributed by atoms with Crippen molar-refractivity contribution >= 4 is 63.3 Å². The van der Waals surface area contributed by atoms with Crippen molar-refractivity contribution in [3.05, 3.63) is 68.1 Å². The predicted octanol–water partition coefficient (Wildman–Crippen LogP) is 4.66. The van der Waals surface area contributed by atoms with Crippen LogP contribution >= 0.6 is 35.6 Å². The monoisotopic (exact) mass is 406 g/mol. The van der Waals surface area contributed by atoms with Crippen molar-refractivity contribution in [3.63, 3.8) is 0 Å². The van der Waals surface area contributed by atoms with E-state index in [1.807, 2.05) is 0 Å². The van der Waals surface area contributed by atoms with Crippen molar-refractivity contribution in [2.75, 3.05) is 12.0 Å². The summed E-state index contributed by atoms with van der Waals surface area (Å²) in [5, 5.41) is 11.6. The number of hydrogen-bond acceptors (Lipinski definition) is 6. The van der Waals surface area contributed by atoms with E-state index >= 15 is 0 Å². The highest BCUT2D eigenvalue weighted by atomic mass is 35.5. The molecule has 0 aliphatic carbocycles. The molecular formula is C17H11ClN2O4S2. The fourth-order valence-electron chi connectivity index (χ4n) is 2.37. The first-order valence-electron chi connectivity index (χ1n) is 7.26. The molecule has 9 heteroatoms. The van der Waals surface area contributed by atoms with E-state index in [0.717, 1.165) is 11.8 Å². The molecule has 0 saturated carbocycles. The molecule has 2 aromatic rings. The zero-order valence-corrected chi connectivity index (χ0v) is 15.7. The number of halogens is 1. The third-order valence-electron chi connectivity index (χ3n) is 3.59. The largest absolute Gasteiger partial charge is 0.496 e. The highest BCUT2D eigenvalue weighted by Gasteiger charge is 2.33. The van der Waals surface area contributed by atoms with E-state index in [2.05, 4.69) is 0 Å². The van der Waals surface area contributed by atoms with Crippen LogP contribution in [0.2, 0.25) is 5.02 Å². The van der Waals surface area contributed by atoms with Crippen LogP contribution in [0.3, 0.4) is 0 Å². The molecule has 0 N–H and O–H groups in total. The van der Waals surface area contributed by atoms with Gasteiger partial charge in [0.1, 0.15) is 5.75 Å². The summed E-state index contributed by atoms with van der Waals surface area (Å²) in [5.41, 5.74) is 0.940. The van der Waals surface area contributed by atoms with Crippen molar-refractivity contribution in [1.82, 2.24) is 0 Å². The van der Waals surface area contributed by atoms with Crippen LogP contribution in [-0.4, -0.2) is 22.3 Å². The number of thiocarbonyl (C=S) groups is 1. The van der Waals surface area contributed by atoms with E-state index < -0.39 is 4.92 Å². The van der Waals surface area contributed by atoms with Crippen LogP contribution in [0.4, 0.5) is 11.4 Å². The van der Waals surface area contributed by atoms with Crippen LogP contribution in [0.15, 0.2) is 47.4 Å². The van der Waals surface area contributed by atoms with Crippen molar-refractivity contribution in [3.8, 4) is 5.75 Å². The van der Waals surface area contributed by atoms with E-state index in [1.165, 1.54) is 30.2 Å². The van der Waals surface area contributed by atoms with E-state index in [4.69, 9.17) is 28.6 Å². The van der Waals surface area contributed by atoms with Gasteiger partial charge in [-0.1, -0.05) is 35.6 Å². The number of hydrogen-bond donors (Lipinski definition) is 0. The van der Waals surface area contributed by atoms with Crippen LogP contribution in [0, 0.1) is 10.1 Å². The van der Waals surface area contributed by atoms with Crippen molar-refractivity contribution in [1.29, 1.82) is 0 Å². The standard InChI is InChI=1S/C17H11ClN2O4S2/c1-24-14-7-6-13(20(22)23)8-10(14)9-15-16(21)19(17(25)26-15)12-4-2-11(18)3-5-12/h2-9H,1H3. The number of rotatable bonds is 4. The lowest BCUT2D eigenvalue weighted by atomic mass is 10.1. The number of carbonyl (C=O) groups is 1. The second-order valence-corrected chi connectivity index (χ2v) is 7.29. The van der Waals surface area contributed by atoms with Gasteiger partial charge in [-0.25, -0.2) is 0 Å². The molecule has 6 nitrogen and oxygen atoms in total. The first-order chi connectivity index (χ1) is 12.4. The second kappa shape index (κ2) is 7.45. The first-order valence-corrected chi connectivity index (χ1v) is 8.87. The summed E-state index contributed by atoms with van der Waals surface area (Å²) in [7, 11) is 1.46. The van der Waals surface area contributed by atoms with Crippen LogP contribution in [0.1, 0.15) is 5.56 Å². The summed E-state index contributed by atoms with van der Waals surface area (Å²) in [6.45, 7) is 0. The van der Waals surface area contributed by atoms with Gasteiger partial charge in [0.15, 0.2) is 4.32 Å². The topological polar surface area (TPSA) is 72.7 Å². The fourth-order valence-corrected chi connectivity index (χ4v) is 3.79. The Hall–Kier alpha value is -2.42. The summed E-state index contributed by atoms with van der Waals surface area (Å²) in [5.74, 6) is 0.114. The molecule has 0 unspecified atom stereocenters. The van der Waals surface area contributed by atoms with Gasteiger partial charge in [-0.3, -0.25) is 19.8 Å². The minimum absolute atomic E-state index is 0.0924. The molecule has 26 heavy (non-hydrogen) atoms. The fraction of sp³-hybridized carbons (Fsp3) is 0.0588. The van der Waals surface area contributed by atoms with Gasteiger partial charge in [-0.05, 0) is 36.4 Å². The van der Waals surface area contributed by atoms with Gasteiger partial charge in [-0.15, -0.1) is 0 Å². The molecular weight excluding hydrogens is 396 g/mol. The summed E-state index contributed by atoms with van der Waals surface area (Å²) in [6.07, 6.45) is 1.54. The molecule has 0 radical (unpaired) electrons. The van der Waals surface area contributed by atoms with E-state index in [0.29, 0.717) is 31.2 Å². The van der Waals surface area contributed by atoms with Crippen molar-refractivity contribution in [2.24, 2.45) is 0 Å². The van der Waals surface area contributed by atoms with E-state index in [1.54, 1.807) is 30.3 Å². The molecule has 1 amide bonds. The number of amides is 1. The van der Waals surface area contributed by atoms with E-state index in [9.17, 15) is 14.9 Å². The maximum absolute atomic E-state index is 12.8. The summed E-state index contributed by atoms with van der Waals surface area (Å²) >= 11 is 12.3. The normalized spacial score (nSPS) is 15.6. The van der Waals surface area contributed by atoms with Crippen molar-refractivity contribution in [2.45, 2.75) is 0 Å². The minimum atomic E-state index is -0.504. The van der Waals surface area contributed by atoms with Crippen LogP contribution in [0.5, 0.6) is 5.75 Å². The summed E-state index contributed by atoms with van der Waals surface area (Å²) < 4.78 is 5.60. The molecule has 1 heterocycles. The van der Waals surface area contributed by atoms with Crippen LogP contribution in [0.25, 0.3) is 6.08 Å². The molecule has 132 valence electrons. The van der Waals surface area contributed by atoms with E-state index in [-0.39, 0.29) is 11.6 Å². The molecule has 0 atom stereocenters. The second-order valence-electron chi connectivity index (χ2n) is 5.18. The molecule has 1 aliphatic heterocycles. The Labute approximate surface area is 163 Å². The number of nitro benzene ring substituents is 1. The number of nitrogens with zero attached hydrogens (tertiary/aromatic N) is 2. The Kier molecular flexibility index (Phi) is 5.26. The third kappa shape index (κ3) is 3.57. The smallest absolute Gasteiger partial charge is 0.270 e. The highest BCUT2D eigenvalue weighted by Crippen LogP contribution is 2.38.